The van der Waals surface area contributed by atoms with Crippen molar-refractivity contribution in [2.24, 2.45) is 0 Å². The first-order valence-corrected chi connectivity index (χ1v) is 6.73. The molecule has 0 fully saturated rings. The first kappa shape index (κ1) is 14.9. The predicted octanol–water partition coefficient (Wildman–Crippen LogP) is 4.05. The third-order valence-electron chi connectivity index (χ3n) is 2.86. The molecule has 0 saturated heterocycles. The molecule has 2 N–H and O–H groups in total. The van der Waals surface area contributed by atoms with Gasteiger partial charge in [0.15, 0.2) is 0 Å². The summed E-state index contributed by atoms with van der Waals surface area (Å²) in [6.45, 7) is 1.80. The van der Waals surface area contributed by atoms with E-state index in [0.29, 0.717) is 21.3 Å². The van der Waals surface area contributed by atoms with E-state index < -0.39 is 0 Å². The van der Waals surface area contributed by atoms with Crippen molar-refractivity contribution in [2.45, 2.75) is 13.5 Å². The van der Waals surface area contributed by atoms with Crippen LogP contribution < -0.4 is 5.32 Å². The lowest BCUT2D eigenvalue weighted by molar-refractivity contribution is 0.102. The lowest BCUT2D eigenvalue weighted by Crippen LogP contribution is -2.13. The van der Waals surface area contributed by atoms with Gasteiger partial charge in [-0.25, -0.2) is 0 Å². The van der Waals surface area contributed by atoms with Crippen LogP contribution in [0, 0.1) is 6.92 Å². The third-order valence-corrected chi connectivity index (χ3v) is 3.29. The number of nitrogens with one attached hydrogen (secondary N) is 1. The quantitative estimate of drug-likeness (QED) is 0.898. The maximum absolute atomic E-state index is 12.2. The Morgan fingerprint density at radius 3 is 2.40 bits per heavy atom. The molecule has 2 aromatic rings. The smallest absolute Gasteiger partial charge is 0.255 e. The lowest BCUT2D eigenvalue weighted by Gasteiger charge is -2.10. The topological polar surface area (TPSA) is 49.3 Å². The number of aliphatic hydroxyl groups is 1. The van der Waals surface area contributed by atoms with Crippen molar-refractivity contribution in [3.05, 3.63) is 63.1 Å². The van der Waals surface area contributed by atoms with Crippen molar-refractivity contribution in [3.8, 4) is 0 Å². The molecule has 0 aliphatic heterocycles. The van der Waals surface area contributed by atoms with E-state index in [4.69, 9.17) is 28.3 Å². The molecule has 0 spiro atoms. The summed E-state index contributed by atoms with van der Waals surface area (Å²) < 4.78 is 0. The van der Waals surface area contributed by atoms with Crippen LogP contribution in [0.5, 0.6) is 0 Å². The zero-order chi connectivity index (χ0) is 14.7. The van der Waals surface area contributed by atoms with Crippen LogP contribution >= 0.6 is 23.2 Å². The van der Waals surface area contributed by atoms with E-state index in [1.165, 1.54) is 0 Å². The van der Waals surface area contributed by atoms with Gasteiger partial charge in [0.1, 0.15) is 0 Å². The molecule has 2 aromatic carbocycles. The van der Waals surface area contributed by atoms with Crippen molar-refractivity contribution in [1.82, 2.24) is 0 Å². The van der Waals surface area contributed by atoms with Gasteiger partial charge >= 0.3 is 0 Å². The number of aliphatic hydroxyl groups excluding tert-OH is 1. The Bertz CT molecular complexity index is 636. The number of rotatable bonds is 3. The maximum Gasteiger partial charge on any atom is 0.255 e. The Morgan fingerprint density at radius 1 is 1.15 bits per heavy atom. The molecule has 0 aromatic heterocycles. The molecule has 2 rings (SSSR count). The molecule has 0 aliphatic rings. The Labute approximate surface area is 127 Å². The second-order valence-electron chi connectivity index (χ2n) is 4.42. The fourth-order valence-electron chi connectivity index (χ4n) is 1.78. The van der Waals surface area contributed by atoms with Crippen molar-refractivity contribution in [1.29, 1.82) is 0 Å². The Kier molecular flexibility index (Phi) is 4.65. The number of halogens is 2. The zero-order valence-corrected chi connectivity index (χ0v) is 12.3. The highest BCUT2D eigenvalue weighted by Gasteiger charge is 2.10. The highest BCUT2D eigenvalue weighted by molar-refractivity contribution is 6.35. The highest BCUT2D eigenvalue weighted by atomic mass is 35.5. The standard InChI is InChI=1S/C15H13Cl2NO2/c1-9-2-3-10(8-19)4-14(9)18-15(20)11-5-12(16)7-13(17)6-11/h2-7,19H,8H2,1H3,(H,18,20). The maximum atomic E-state index is 12.2. The summed E-state index contributed by atoms with van der Waals surface area (Å²) in [4.78, 5) is 12.2. The Morgan fingerprint density at radius 2 is 1.80 bits per heavy atom. The average molecular weight is 310 g/mol. The number of anilines is 1. The number of benzene rings is 2. The molecule has 0 bridgehead atoms. The minimum Gasteiger partial charge on any atom is -0.392 e. The SMILES string of the molecule is Cc1ccc(CO)cc1NC(=O)c1cc(Cl)cc(Cl)c1. The molecule has 0 unspecified atom stereocenters. The number of aryl methyl sites for hydroxylation is 1. The van der Waals surface area contributed by atoms with Crippen molar-refractivity contribution in [2.75, 3.05) is 5.32 Å². The van der Waals surface area contributed by atoms with Crippen molar-refractivity contribution >= 4 is 34.8 Å². The second kappa shape index (κ2) is 6.27. The minimum absolute atomic E-state index is 0.0772. The molecule has 1 amide bonds. The van der Waals surface area contributed by atoms with E-state index in [1.54, 1.807) is 30.3 Å². The summed E-state index contributed by atoms with van der Waals surface area (Å²) in [5.41, 5.74) is 2.67. The summed E-state index contributed by atoms with van der Waals surface area (Å²) in [6, 6.07) is 10.0. The zero-order valence-electron chi connectivity index (χ0n) is 10.8. The normalized spacial score (nSPS) is 10.4. The monoisotopic (exact) mass is 309 g/mol. The molecule has 5 heteroatoms. The van der Waals surface area contributed by atoms with E-state index in [9.17, 15) is 4.79 Å². The van der Waals surface area contributed by atoms with Crippen LogP contribution in [0.3, 0.4) is 0 Å². The van der Waals surface area contributed by atoms with E-state index in [-0.39, 0.29) is 12.5 Å². The van der Waals surface area contributed by atoms with E-state index in [1.807, 2.05) is 13.0 Å². The Hall–Kier alpha value is -1.55. The number of carbonyl (C=O) groups is 1. The van der Waals surface area contributed by atoms with Gasteiger partial charge in [0.2, 0.25) is 0 Å². The highest BCUT2D eigenvalue weighted by Crippen LogP contribution is 2.22. The van der Waals surface area contributed by atoms with Crippen LogP contribution in [0.2, 0.25) is 10.0 Å². The first-order valence-electron chi connectivity index (χ1n) is 5.97. The van der Waals surface area contributed by atoms with Gasteiger partial charge < -0.3 is 10.4 Å². The predicted molar refractivity (Wildman–Crippen MR) is 81.5 cm³/mol. The van der Waals surface area contributed by atoms with E-state index in [2.05, 4.69) is 5.32 Å². The van der Waals surface area contributed by atoms with Crippen LogP contribution in [-0.4, -0.2) is 11.0 Å². The molecule has 0 saturated carbocycles. The van der Waals surface area contributed by atoms with Gasteiger partial charge in [-0.1, -0.05) is 35.3 Å². The average Bonchev–Trinajstić information content (AvgIpc) is 2.40. The minimum atomic E-state index is -0.299. The van der Waals surface area contributed by atoms with Gasteiger partial charge in [-0.2, -0.15) is 0 Å². The van der Waals surface area contributed by atoms with Gasteiger partial charge in [0.25, 0.3) is 5.91 Å². The molecular formula is C15H13Cl2NO2. The summed E-state index contributed by atoms with van der Waals surface area (Å²) in [6.07, 6.45) is 0. The summed E-state index contributed by atoms with van der Waals surface area (Å²) in [7, 11) is 0. The summed E-state index contributed by atoms with van der Waals surface area (Å²) >= 11 is 11.8. The molecule has 0 radical (unpaired) electrons. The largest absolute Gasteiger partial charge is 0.392 e. The second-order valence-corrected chi connectivity index (χ2v) is 5.29. The third kappa shape index (κ3) is 3.51. The van der Waals surface area contributed by atoms with Gasteiger partial charge in [0.05, 0.1) is 6.61 Å². The van der Waals surface area contributed by atoms with Crippen LogP contribution in [0.15, 0.2) is 36.4 Å². The first-order chi connectivity index (χ1) is 9.49. The molecule has 3 nitrogen and oxygen atoms in total. The molecule has 0 atom stereocenters. The number of carbonyl (C=O) groups excluding carboxylic acids is 1. The van der Waals surface area contributed by atoms with Crippen LogP contribution in [0.1, 0.15) is 21.5 Å². The molecule has 0 heterocycles. The molecule has 104 valence electrons. The Balaban J connectivity index is 2.27. The summed E-state index contributed by atoms with van der Waals surface area (Å²) in [5, 5.41) is 12.7. The van der Waals surface area contributed by atoms with Crippen molar-refractivity contribution < 1.29 is 9.90 Å². The fraction of sp³-hybridized carbons (Fsp3) is 0.133. The van der Waals surface area contributed by atoms with E-state index >= 15 is 0 Å². The van der Waals surface area contributed by atoms with Crippen LogP contribution in [0.4, 0.5) is 5.69 Å². The molecular weight excluding hydrogens is 297 g/mol. The van der Waals surface area contributed by atoms with Gasteiger partial charge in [-0.3, -0.25) is 4.79 Å². The number of hydrogen-bond donors (Lipinski definition) is 2. The lowest BCUT2D eigenvalue weighted by atomic mass is 10.1. The number of amides is 1. The molecule has 0 aliphatic carbocycles. The van der Waals surface area contributed by atoms with Gasteiger partial charge in [-0.15, -0.1) is 0 Å². The van der Waals surface area contributed by atoms with Gasteiger partial charge in [0, 0.05) is 21.3 Å². The fourth-order valence-corrected chi connectivity index (χ4v) is 2.31. The van der Waals surface area contributed by atoms with Crippen molar-refractivity contribution in [3.63, 3.8) is 0 Å². The van der Waals surface area contributed by atoms with E-state index in [0.717, 1.165) is 11.1 Å². The number of hydrogen-bond acceptors (Lipinski definition) is 2. The van der Waals surface area contributed by atoms with Gasteiger partial charge in [-0.05, 0) is 42.3 Å². The molecule has 20 heavy (non-hydrogen) atoms. The van der Waals surface area contributed by atoms with Crippen LogP contribution in [-0.2, 0) is 6.61 Å². The van der Waals surface area contributed by atoms with Crippen LogP contribution in [0.25, 0.3) is 0 Å². The summed E-state index contributed by atoms with van der Waals surface area (Å²) in [5.74, 6) is -0.299.